The fraction of sp³-hybridized carbons (Fsp3) is 0.414. The number of rotatable bonds is 8. The standard InChI is InChI=1S/C29H35N3O4/c1-6-22-15-10-11-18-24(22)25(26(33)30-19-21-13-8-7-9-14-21)32(23-16-12-17-23)27(34)20(2)31-28(35)36-29(3,4)5/h1,7-11,13-15,18,20,23,25H,12,16-17,19H2,2-5H3,(H,30,33)(H,31,35). The SMILES string of the molecule is C#Cc1ccccc1C(C(=O)NCc1ccccc1)N(C(=O)C(C)NC(=O)OC(C)(C)C)C1CCC1. The maximum absolute atomic E-state index is 13.8. The number of alkyl carbamates (subject to hydrolysis) is 1. The summed E-state index contributed by atoms with van der Waals surface area (Å²) in [5.41, 5.74) is 1.36. The molecule has 1 aliphatic rings. The van der Waals surface area contributed by atoms with E-state index in [4.69, 9.17) is 11.2 Å². The molecule has 2 aromatic carbocycles. The van der Waals surface area contributed by atoms with E-state index in [9.17, 15) is 14.4 Å². The van der Waals surface area contributed by atoms with Crippen LogP contribution in [0, 0.1) is 12.3 Å². The van der Waals surface area contributed by atoms with Crippen LogP contribution in [0.3, 0.4) is 0 Å². The lowest BCUT2D eigenvalue weighted by Crippen LogP contribution is -2.56. The van der Waals surface area contributed by atoms with Crippen LogP contribution >= 0.6 is 0 Å². The normalized spacial score (nSPS) is 15.0. The average molecular weight is 490 g/mol. The molecule has 0 radical (unpaired) electrons. The third-order valence-electron chi connectivity index (χ3n) is 6.07. The first-order valence-electron chi connectivity index (χ1n) is 12.3. The predicted molar refractivity (Wildman–Crippen MR) is 139 cm³/mol. The Morgan fingerprint density at radius 1 is 1.08 bits per heavy atom. The smallest absolute Gasteiger partial charge is 0.408 e. The molecular weight excluding hydrogens is 454 g/mol. The topological polar surface area (TPSA) is 87.7 Å². The second-order valence-electron chi connectivity index (χ2n) is 10.0. The lowest BCUT2D eigenvalue weighted by Gasteiger charge is -2.43. The van der Waals surface area contributed by atoms with Crippen LogP contribution in [-0.4, -0.2) is 40.5 Å². The monoisotopic (exact) mass is 489 g/mol. The van der Waals surface area contributed by atoms with Gasteiger partial charge in [-0.2, -0.15) is 0 Å². The van der Waals surface area contributed by atoms with Crippen LogP contribution in [0.4, 0.5) is 4.79 Å². The summed E-state index contributed by atoms with van der Waals surface area (Å²) in [6.45, 7) is 7.17. The molecule has 190 valence electrons. The minimum atomic E-state index is -0.943. The quantitative estimate of drug-likeness (QED) is 0.541. The lowest BCUT2D eigenvalue weighted by atomic mass is 9.87. The molecule has 36 heavy (non-hydrogen) atoms. The van der Waals surface area contributed by atoms with Crippen LogP contribution in [0.15, 0.2) is 54.6 Å². The third-order valence-corrected chi connectivity index (χ3v) is 6.07. The van der Waals surface area contributed by atoms with Crippen molar-refractivity contribution in [2.45, 2.75) is 77.2 Å². The molecule has 0 aliphatic heterocycles. The largest absolute Gasteiger partial charge is 0.444 e. The third kappa shape index (κ3) is 6.88. The molecule has 3 rings (SSSR count). The zero-order valence-electron chi connectivity index (χ0n) is 21.4. The Kier molecular flexibility index (Phi) is 8.76. The number of hydrogen-bond donors (Lipinski definition) is 2. The van der Waals surface area contributed by atoms with Crippen LogP contribution in [0.1, 0.15) is 69.7 Å². The molecule has 0 bridgehead atoms. The van der Waals surface area contributed by atoms with Crippen molar-refractivity contribution in [1.82, 2.24) is 15.5 Å². The van der Waals surface area contributed by atoms with Gasteiger partial charge in [-0.1, -0.05) is 54.5 Å². The first-order valence-corrected chi connectivity index (χ1v) is 12.3. The number of nitrogens with one attached hydrogen (secondary N) is 2. The highest BCUT2D eigenvalue weighted by Crippen LogP contribution is 2.34. The average Bonchev–Trinajstić information content (AvgIpc) is 2.80. The van der Waals surface area contributed by atoms with Gasteiger partial charge >= 0.3 is 6.09 Å². The molecule has 2 atom stereocenters. The summed E-state index contributed by atoms with van der Waals surface area (Å²) in [6.07, 6.45) is 7.58. The van der Waals surface area contributed by atoms with Crippen molar-refractivity contribution in [3.63, 3.8) is 0 Å². The minimum absolute atomic E-state index is 0.140. The van der Waals surface area contributed by atoms with Gasteiger partial charge in [0, 0.05) is 18.2 Å². The van der Waals surface area contributed by atoms with Crippen LogP contribution < -0.4 is 10.6 Å². The van der Waals surface area contributed by atoms with Crippen molar-refractivity contribution >= 4 is 17.9 Å². The summed E-state index contributed by atoms with van der Waals surface area (Å²) in [5.74, 6) is 1.96. The van der Waals surface area contributed by atoms with Crippen molar-refractivity contribution in [3.05, 3.63) is 71.3 Å². The van der Waals surface area contributed by atoms with Gasteiger partial charge in [-0.05, 0) is 64.2 Å². The summed E-state index contributed by atoms with van der Waals surface area (Å²) in [7, 11) is 0. The van der Waals surface area contributed by atoms with E-state index in [-0.39, 0.29) is 17.9 Å². The van der Waals surface area contributed by atoms with Crippen molar-refractivity contribution < 1.29 is 19.1 Å². The number of amides is 3. The number of benzene rings is 2. The fourth-order valence-corrected chi connectivity index (χ4v) is 4.12. The molecule has 0 heterocycles. The molecule has 1 aliphatic carbocycles. The molecule has 2 aromatic rings. The summed E-state index contributed by atoms with van der Waals surface area (Å²) in [4.78, 5) is 41.5. The maximum atomic E-state index is 13.8. The highest BCUT2D eigenvalue weighted by atomic mass is 16.6. The zero-order chi connectivity index (χ0) is 26.3. The molecule has 0 aromatic heterocycles. The summed E-state index contributed by atoms with van der Waals surface area (Å²) >= 11 is 0. The number of ether oxygens (including phenoxy) is 1. The Morgan fingerprint density at radius 2 is 1.72 bits per heavy atom. The zero-order valence-corrected chi connectivity index (χ0v) is 21.4. The van der Waals surface area contributed by atoms with Crippen LogP contribution in [-0.2, 0) is 20.9 Å². The van der Waals surface area contributed by atoms with Gasteiger partial charge in [0.05, 0.1) is 0 Å². The van der Waals surface area contributed by atoms with E-state index >= 15 is 0 Å². The Hall–Kier alpha value is -3.79. The van der Waals surface area contributed by atoms with Gasteiger partial charge in [-0.3, -0.25) is 9.59 Å². The van der Waals surface area contributed by atoms with Crippen molar-refractivity contribution in [2.75, 3.05) is 0 Å². The van der Waals surface area contributed by atoms with E-state index in [1.165, 1.54) is 0 Å². The molecule has 0 saturated heterocycles. The van der Waals surface area contributed by atoms with Gasteiger partial charge in [-0.15, -0.1) is 6.42 Å². The van der Waals surface area contributed by atoms with Gasteiger partial charge < -0.3 is 20.3 Å². The van der Waals surface area contributed by atoms with E-state index < -0.39 is 23.8 Å². The number of carbonyl (C=O) groups is 3. The minimum Gasteiger partial charge on any atom is -0.444 e. The molecule has 2 unspecified atom stereocenters. The van der Waals surface area contributed by atoms with Gasteiger partial charge in [0.15, 0.2) is 0 Å². The van der Waals surface area contributed by atoms with Crippen LogP contribution in [0.2, 0.25) is 0 Å². The molecule has 1 saturated carbocycles. The Bertz CT molecular complexity index is 1110. The number of nitrogens with zero attached hydrogens (tertiary/aromatic N) is 1. The molecule has 2 N–H and O–H groups in total. The first-order chi connectivity index (χ1) is 17.1. The Balaban J connectivity index is 1.93. The van der Waals surface area contributed by atoms with Gasteiger partial charge in [0.2, 0.25) is 11.8 Å². The highest BCUT2D eigenvalue weighted by molar-refractivity contribution is 5.92. The van der Waals surface area contributed by atoms with Gasteiger partial charge in [0.25, 0.3) is 0 Å². The van der Waals surface area contributed by atoms with E-state index in [2.05, 4.69) is 16.6 Å². The Morgan fingerprint density at radius 3 is 2.31 bits per heavy atom. The van der Waals surface area contributed by atoms with Crippen molar-refractivity contribution in [2.24, 2.45) is 0 Å². The molecule has 1 fully saturated rings. The van der Waals surface area contributed by atoms with E-state index in [0.717, 1.165) is 24.8 Å². The van der Waals surface area contributed by atoms with Gasteiger partial charge in [-0.25, -0.2) is 4.79 Å². The van der Waals surface area contributed by atoms with Crippen LogP contribution in [0.25, 0.3) is 0 Å². The maximum Gasteiger partial charge on any atom is 0.408 e. The highest BCUT2D eigenvalue weighted by Gasteiger charge is 2.41. The molecular formula is C29H35N3O4. The van der Waals surface area contributed by atoms with E-state index in [0.29, 0.717) is 17.7 Å². The molecule has 7 heteroatoms. The van der Waals surface area contributed by atoms with E-state index in [1.807, 2.05) is 30.3 Å². The number of terminal acetylenes is 1. The lowest BCUT2D eigenvalue weighted by molar-refractivity contribution is -0.147. The fourth-order valence-electron chi connectivity index (χ4n) is 4.12. The Labute approximate surface area is 213 Å². The summed E-state index contributed by atoms with van der Waals surface area (Å²) in [5, 5.41) is 5.61. The second-order valence-corrected chi connectivity index (χ2v) is 10.0. The summed E-state index contributed by atoms with van der Waals surface area (Å²) in [6, 6.07) is 14.7. The molecule has 0 spiro atoms. The van der Waals surface area contributed by atoms with Gasteiger partial charge in [0.1, 0.15) is 17.7 Å². The van der Waals surface area contributed by atoms with Crippen molar-refractivity contribution in [3.8, 4) is 12.3 Å². The molecule has 3 amide bonds. The van der Waals surface area contributed by atoms with Crippen LogP contribution in [0.5, 0.6) is 0 Å². The van der Waals surface area contributed by atoms with Crippen molar-refractivity contribution in [1.29, 1.82) is 0 Å². The molecule has 7 nitrogen and oxygen atoms in total. The summed E-state index contributed by atoms with van der Waals surface area (Å²) < 4.78 is 5.33. The second kappa shape index (κ2) is 11.8. The van der Waals surface area contributed by atoms with E-state index in [1.54, 1.807) is 56.9 Å². The number of hydrogen-bond acceptors (Lipinski definition) is 4. The number of carbonyl (C=O) groups excluding carboxylic acids is 3. The first kappa shape index (κ1) is 26.8. The predicted octanol–water partition coefficient (Wildman–Crippen LogP) is 4.32.